The zero-order valence-electron chi connectivity index (χ0n) is 13.3. The Hall–Kier alpha value is -2.82. The standard InChI is InChI=1S/C19H18N2O3/c1-24-18-10-9-12(11-17(18)21(22)23)19-15-7-4-6-13(15)14-5-2-3-8-16(14)20-19/h2-6,8-11,13,15,19-20H,7H2,1H3/t13-,15+,19+/m0/s1. The third-order valence-corrected chi connectivity index (χ3v) is 5.03. The number of hydrogen-bond donors (Lipinski definition) is 1. The van der Waals surface area contributed by atoms with Gasteiger partial charge in [0.25, 0.3) is 0 Å². The van der Waals surface area contributed by atoms with Gasteiger partial charge < -0.3 is 10.1 Å². The molecule has 2 aromatic carbocycles. The zero-order chi connectivity index (χ0) is 16.7. The van der Waals surface area contributed by atoms with Crippen LogP contribution in [0.3, 0.4) is 0 Å². The first-order valence-electron chi connectivity index (χ1n) is 8.03. The Morgan fingerprint density at radius 2 is 2.08 bits per heavy atom. The normalized spacial score (nSPS) is 24.0. The number of nitrogens with zero attached hydrogens (tertiary/aromatic N) is 1. The lowest BCUT2D eigenvalue weighted by Gasteiger charge is -2.37. The van der Waals surface area contributed by atoms with Gasteiger partial charge in [0, 0.05) is 17.7 Å². The monoisotopic (exact) mass is 322 g/mol. The van der Waals surface area contributed by atoms with Crippen LogP contribution >= 0.6 is 0 Å². The molecule has 4 rings (SSSR count). The van der Waals surface area contributed by atoms with Gasteiger partial charge in [0.1, 0.15) is 0 Å². The Labute approximate surface area is 140 Å². The first-order valence-corrected chi connectivity index (χ1v) is 8.03. The van der Waals surface area contributed by atoms with Crippen LogP contribution in [0.5, 0.6) is 5.75 Å². The van der Waals surface area contributed by atoms with Crippen molar-refractivity contribution < 1.29 is 9.66 Å². The van der Waals surface area contributed by atoms with E-state index in [1.54, 1.807) is 12.1 Å². The van der Waals surface area contributed by atoms with Crippen LogP contribution in [0.25, 0.3) is 0 Å². The van der Waals surface area contributed by atoms with Crippen molar-refractivity contribution >= 4 is 11.4 Å². The quantitative estimate of drug-likeness (QED) is 0.516. The third kappa shape index (κ3) is 2.24. The molecule has 0 bridgehead atoms. The topological polar surface area (TPSA) is 64.4 Å². The first kappa shape index (κ1) is 14.8. The second kappa shape index (κ2) is 5.67. The predicted octanol–water partition coefficient (Wildman–Crippen LogP) is 4.43. The van der Waals surface area contributed by atoms with Gasteiger partial charge in [-0.3, -0.25) is 10.1 Å². The average molecular weight is 322 g/mol. The van der Waals surface area contributed by atoms with Crippen LogP contribution in [0.1, 0.15) is 29.5 Å². The molecule has 0 spiro atoms. The molecule has 5 heteroatoms. The molecule has 2 aliphatic rings. The Morgan fingerprint density at radius 1 is 1.25 bits per heavy atom. The fourth-order valence-corrected chi connectivity index (χ4v) is 3.92. The largest absolute Gasteiger partial charge is 0.490 e. The van der Waals surface area contributed by atoms with Gasteiger partial charge in [0.05, 0.1) is 18.1 Å². The van der Waals surface area contributed by atoms with Crippen molar-refractivity contribution in [2.75, 3.05) is 12.4 Å². The SMILES string of the molecule is COc1ccc([C@H]2Nc3ccccc3[C@@H]3C=CC[C@@H]23)cc1[N+](=O)[O-]. The van der Waals surface area contributed by atoms with Gasteiger partial charge in [0.15, 0.2) is 5.75 Å². The zero-order valence-corrected chi connectivity index (χ0v) is 13.3. The molecule has 3 atom stereocenters. The van der Waals surface area contributed by atoms with E-state index in [0.717, 1.165) is 17.7 Å². The smallest absolute Gasteiger partial charge is 0.311 e. The van der Waals surface area contributed by atoms with Crippen LogP contribution in [0.15, 0.2) is 54.6 Å². The van der Waals surface area contributed by atoms with E-state index in [1.807, 2.05) is 12.1 Å². The maximum Gasteiger partial charge on any atom is 0.311 e. The second-order valence-electron chi connectivity index (χ2n) is 6.25. The molecule has 1 N–H and O–H groups in total. The van der Waals surface area contributed by atoms with Crippen LogP contribution < -0.4 is 10.1 Å². The minimum absolute atomic E-state index is 0.0122. The number of para-hydroxylation sites is 1. The van der Waals surface area contributed by atoms with Gasteiger partial charge in [0.2, 0.25) is 0 Å². The number of nitrogens with one attached hydrogen (secondary N) is 1. The molecular formula is C19H18N2O3. The maximum absolute atomic E-state index is 11.3. The van der Waals surface area contributed by atoms with Crippen molar-refractivity contribution in [1.82, 2.24) is 0 Å². The number of anilines is 1. The summed E-state index contributed by atoms with van der Waals surface area (Å²) in [6.07, 6.45) is 5.44. The van der Waals surface area contributed by atoms with Gasteiger partial charge in [-0.25, -0.2) is 0 Å². The van der Waals surface area contributed by atoms with Gasteiger partial charge in [-0.1, -0.05) is 36.4 Å². The van der Waals surface area contributed by atoms with Crippen molar-refractivity contribution in [3.05, 3.63) is 75.9 Å². The summed E-state index contributed by atoms with van der Waals surface area (Å²) in [4.78, 5) is 10.9. The Morgan fingerprint density at radius 3 is 2.88 bits per heavy atom. The molecule has 0 fully saturated rings. The lowest BCUT2D eigenvalue weighted by molar-refractivity contribution is -0.385. The van der Waals surface area contributed by atoms with Crippen LogP contribution in [0, 0.1) is 16.0 Å². The lowest BCUT2D eigenvalue weighted by Crippen LogP contribution is -2.29. The number of methoxy groups -OCH3 is 1. The van der Waals surface area contributed by atoms with E-state index in [2.05, 4.69) is 35.7 Å². The number of ether oxygens (including phenoxy) is 1. The average Bonchev–Trinajstić information content (AvgIpc) is 3.10. The highest BCUT2D eigenvalue weighted by molar-refractivity contribution is 5.60. The Balaban J connectivity index is 1.78. The molecule has 24 heavy (non-hydrogen) atoms. The Bertz CT molecular complexity index is 831. The van der Waals surface area contributed by atoms with Crippen molar-refractivity contribution in [3.63, 3.8) is 0 Å². The molecule has 0 radical (unpaired) electrons. The number of benzene rings is 2. The van der Waals surface area contributed by atoms with Gasteiger partial charge >= 0.3 is 5.69 Å². The van der Waals surface area contributed by atoms with Crippen LogP contribution in [-0.4, -0.2) is 12.0 Å². The molecule has 0 unspecified atom stereocenters. The summed E-state index contributed by atoms with van der Waals surface area (Å²) in [6.45, 7) is 0. The van der Waals surface area contributed by atoms with E-state index in [4.69, 9.17) is 4.74 Å². The third-order valence-electron chi connectivity index (χ3n) is 5.03. The second-order valence-corrected chi connectivity index (χ2v) is 6.25. The van der Waals surface area contributed by atoms with E-state index < -0.39 is 0 Å². The fourth-order valence-electron chi connectivity index (χ4n) is 3.92. The van der Waals surface area contributed by atoms with E-state index in [9.17, 15) is 10.1 Å². The molecule has 1 heterocycles. The summed E-state index contributed by atoms with van der Waals surface area (Å²) < 4.78 is 5.12. The summed E-state index contributed by atoms with van der Waals surface area (Å²) in [5.41, 5.74) is 3.35. The maximum atomic E-state index is 11.3. The molecule has 0 saturated heterocycles. The summed E-state index contributed by atoms with van der Waals surface area (Å²) in [6, 6.07) is 13.6. The molecule has 2 aromatic rings. The van der Waals surface area contributed by atoms with Crippen molar-refractivity contribution in [3.8, 4) is 5.75 Å². The Kier molecular flexibility index (Phi) is 3.49. The van der Waals surface area contributed by atoms with E-state index in [0.29, 0.717) is 17.6 Å². The first-order chi connectivity index (χ1) is 11.7. The van der Waals surface area contributed by atoms with Gasteiger partial charge in [-0.05, 0) is 35.6 Å². The molecule has 0 saturated carbocycles. The van der Waals surface area contributed by atoms with Crippen molar-refractivity contribution in [1.29, 1.82) is 0 Å². The minimum atomic E-state index is -0.385. The molecule has 1 aliphatic heterocycles. The number of nitro benzene ring substituents is 1. The van der Waals surface area contributed by atoms with Crippen molar-refractivity contribution in [2.45, 2.75) is 18.4 Å². The summed E-state index contributed by atoms with van der Waals surface area (Å²) in [5.74, 6) is 1.02. The van der Waals surface area contributed by atoms with E-state index >= 15 is 0 Å². The predicted molar refractivity (Wildman–Crippen MR) is 92.4 cm³/mol. The van der Waals surface area contributed by atoms with Crippen molar-refractivity contribution in [2.24, 2.45) is 5.92 Å². The number of fused-ring (bicyclic) bond motifs is 3. The van der Waals surface area contributed by atoms with Crippen LogP contribution in [0.2, 0.25) is 0 Å². The fraction of sp³-hybridized carbons (Fsp3) is 0.263. The summed E-state index contributed by atoms with van der Waals surface area (Å²) >= 11 is 0. The molecular weight excluding hydrogens is 304 g/mol. The van der Waals surface area contributed by atoms with Crippen LogP contribution in [0.4, 0.5) is 11.4 Å². The molecule has 0 aromatic heterocycles. The highest BCUT2D eigenvalue weighted by Crippen LogP contribution is 2.50. The number of nitro groups is 1. The number of hydrogen-bond acceptors (Lipinski definition) is 4. The number of allylic oxidation sites excluding steroid dienone is 2. The number of rotatable bonds is 3. The van der Waals surface area contributed by atoms with E-state index in [-0.39, 0.29) is 16.7 Å². The molecule has 122 valence electrons. The molecule has 5 nitrogen and oxygen atoms in total. The highest BCUT2D eigenvalue weighted by Gasteiger charge is 2.38. The summed E-state index contributed by atoms with van der Waals surface area (Å²) in [5, 5.41) is 14.9. The van der Waals surface area contributed by atoms with Gasteiger partial charge in [-0.2, -0.15) is 0 Å². The molecule has 0 amide bonds. The van der Waals surface area contributed by atoms with E-state index in [1.165, 1.54) is 12.7 Å². The highest BCUT2D eigenvalue weighted by atomic mass is 16.6. The summed E-state index contributed by atoms with van der Waals surface area (Å²) in [7, 11) is 1.45. The molecule has 1 aliphatic carbocycles. The van der Waals surface area contributed by atoms with Crippen LogP contribution in [-0.2, 0) is 0 Å². The van der Waals surface area contributed by atoms with Gasteiger partial charge in [-0.15, -0.1) is 0 Å². The minimum Gasteiger partial charge on any atom is -0.490 e. The lowest BCUT2D eigenvalue weighted by atomic mass is 9.77.